The molecular weight excluding hydrogens is 342 g/mol. The highest BCUT2D eigenvalue weighted by Gasteiger charge is 2.53. The highest BCUT2D eigenvalue weighted by atomic mass is 16.5. The molecule has 1 N–H and O–H groups in total. The van der Waals surface area contributed by atoms with Crippen LogP contribution in [0.25, 0.3) is 0 Å². The van der Waals surface area contributed by atoms with E-state index < -0.39 is 5.41 Å². The number of nitriles is 3. The van der Waals surface area contributed by atoms with Gasteiger partial charge in [0.25, 0.3) is 0 Å². The largest absolute Gasteiger partial charge is 0.463 e. The van der Waals surface area contributed by atoms with Gasteiger partial charge in [0, 0.05) is 6.42 Å². The molecule has 0 amide bonds. The second-order valence-electron chi connectivity index (χ2n) is 7.72. The molecule has 1 aromatic carbocycles. The Morgan fingerprint density at radius 1 is 1.15 bits per heavy atom. The van der Waals surface area contributed by atoms with Crippen LogP contribution < -0.4 is 0 Å². The molecule has 27 heavy (non-hydrogen) atoms. The van der Waals surface area contributed by atoms with E-state index in [-0.39, 0.29) is 48.1 Å². The number of carbonyl (C=O) groups is 1. The van der Waals surface area contributed by atoms with Crippen molar-refractivity contribution in [2.24, 2.45) is 11.3 Å². The third-order valence-electron chi connectivity index (χ3n) is 6.32. The van der Waals surface area contributed by atoms with Crippen molar-refractivity contribution < 1.29 is 14.6 Å². The Kier molecular flexibility index (Phi) is 5.89. The summed E-state index contributed by atoms with van der Waals surface area (Å²) in [6.07, 6.45) is 1.78. The number of ether oxygens (including phenoxy) is 1. The van der Waals surface area contributed by atoms with Crippen LogP contribution in [-0.2, 0) is 14.9 Å². The summed E-state index contributed by atoms with van der Waals surface area (Å²) in [6, 6.07) is 9.32. The molecule has 0 heterocycles. The van der Waals surface area contributed by atoms with Crippen LogP contribution >= 0.6 is 0 Å². The quantitative estimate of drug-likeness (QED) is 0.802. The number of hydrogen-bond donors (Lipinski definition) is 1. The normalized spacial score (nSPS) is 23.1. The number of benzene rings is 1. The number of aliphatic hydroxyl groups is 1. The van der Waals surface area contributed by atoms with Gasteiger partial charge in [-0.1, -0.05) is 20.8 Å². The van der Waals surface area contributed by atoms with Crippen LogP contribution in [0.1, 0.15) is 62.3 Å². The average molecular weight is 365 g/mol. The van der Waals surface area contributed by atoms with Gasteiger partial charge in [-0.25, -0.2) is 0 Å². The summed E-state index contributed by atoms with van der Waals surface area (Å²) in [7, 11) is 0. The van der Waals surface area contributed by atoms with Crippen LogP contribution in [0.15, 0.2) is 12.1 Å². The standard InChI is InChI=1S/C21H23N3O3/c1-20(2)17(10-19(26)27-7-6-25)4-5-21(20,3)18-9-15(12-23)14(11-22)8-16(18)13-24/h8-9,17,25H,4-7,10H2,1-3H3/t17-,21-/m1/s1. The third kappa shape index (κ3) is 3.52. The van der Waals surface area contributed by atoms with Crippen LogP contribution in [-0.4, -0.2) is 24.3 Å². The molecule has 0 radical (unpaired) electrons. The maximum absolute atomic E-state index is 12.0. The Balaban J connectivity index is 2.44. The van der Waals surface area contributed by atoms with E-state index in [1.807, 2.05) is 12.1 Å². The summed E-state index contributed by atoms with van der Waals surface area (Å²) >= 11 is 0. The minimum atomic E-state index is -0.431. The Bertz CT molecular complexity index is 870. The summed E-state index contributed by atoms with van der Waals surface area (Å²) in [5, 5.41) is 37.0. The van der Waals surface area contributed by atoms with Gasteiger partial charge < -0.3 is 9.84 Å². The molecule has 2 rings (SSSR count). The third-order valence-corrected chi connectivity index (χ3v) is 6.32. The van der Waals surface area contributed by atoms with Crippen molar-refractivity contribution in [1.29, 1.82) is 15.8 Å². The lowest BCUT2D eigenvalue weighted by Gasteiger charge is -2.42. The molecule has 1 aliphatic carbocycles. The number of nitrogens with zero attached hydrogens (tertiary/aromatic N) is 3. The first-order chi connectivity index (χ1) is 12.7. The van der Waals surface area contributed by atoms with Crippen molar-refractivity contribution in [3.8, 4) is 18.2 Å². The molecule has 6 heteroatoms. The fourth-order valence-corrected chi connectivity index (χ4v) is 4.19. The SMILES string of the molecule is CC1(C)[C@@H](CC(=O)OCCO)CC[C@]1(C)c1cc(C#N)c(C#N)cc1C#N. The highest BCUT2D eigenvalue weighted by Crippen LogP contribution is 2.58. The fraction of sp³-hybridized carbons (Fsp3) is 0.524. The molecule has 2 atom stereocenters. The number of aliphatic hydroxyl groups excluding tert-OH is 1. The van der Waals surface area contributed by atoms with Gasteiger partial charge in [-0.2, -0.15) is 15.8 Å². The first-order valence-electron chi connectivity index (χ1n) is 8.90. The smallest absolute Gasteiger partial charge is 0.306 e. The van der Waals surface area contributed by atoms with Crippen molar-refractivity contribution in [2.75, 3.05) is 13.2 Å². The average Bonchev–Trinajstić information content (AvgIpc) is 2.89. The maximum Gasteiger partial charge on any atom is 0.306 e. The molecule has 0 bridgehead atoms. The van der Waals surface area contributed by atoms with E-state index in [1.165, 1.54) is 6.07 Å². The molecule has 0 aliphatic heterocycles. The van der Waals surface area contributed by atoms with Gasteiger partial charge in [0.15, 0.2) is 0 Å². The first-order valence-corrected chi connectivity index (χ1v) is 8.90. The van der Waals surface area contributed by atoms with Crippen LogP contribution in [0.2, 0.25) is 0 Å². The summed E-state index contributed by atoms with van der Waals surface area (Å²) in [4.78, 5) is 12.0. The van der Waals surface area contributed by atoms with E-state index in [2.05, 4.69) is 26.8 Å². The topological polar surface area (TPSA) is 118 Å². The van der Waals surface area contributed by atoms with Gasteiger partial charge in [0.2, 0.25) is 0 Å². The molecule has 1 aliphatic rings. The summed E-state index contributed by atoms with van der Waals surface area (Å²) in [5.41, 5.74) is 0.828. The zero-order valence-corrected chi connectivity index (χ0v) is 15.9. The van der Waals surface area contributed by atoms with Crippen molar-refractivity contribution >= 4 is 5.97 Å². The van der Waals surface area contributed by atoms with E-state index in [0.29, 0.717) is 5.56 Å². The van der Waals surface area contributed by atoms with Gasteiger partial charge in [-0.3, -0.25) is 4.79 Å². The molecule has 1 saturated carbocycles. The predicted molar refractivity (Wildman–Crippen MR) is 97.1 cm³/mol. The molecule has 0 saturated heterocycles. The number of esters is 1. The second-order valence-corrected chi connectivity index (χ2v) is 7.72. The van der Waals surface area contributed by atoms with Crippen molar-refractivity contribution in [3.05, 3.63) is 34.4 Å². The summed E-state index contributed by atoms with van der Waals surface area (Å²) in [5.74, 6) is -0.300. The monoisotopic (exact) mass is 365 g/mol. The van der Waals surface area contributed by atoms with Gasteiger partial charge in [-0.05, 0) is 47.3 Å². The summed E-state index contributed by atoms with van der Waals surface area (Å²) in [6.45, 7) is 5.97. The molecule has 0 unspecified atom stereocenters. The van der Waals surface area contributed by atoms with Crippen molar-refractivity contribution in [2.45, 2.75) is 45.4 Å². The van der Waals surface area contributed by atoms with Gasteiger partial charge in [0.05, 0.1) is 29.4 Å². The van der Waals surface area contributed by atoms with Crippen LogP contribution in [0.4, 0.5) is 0 Å². The lowest BCUT2D eigenvalue weighted by Crippen LogP contribution is -2.39. The van der Waals surface area contributed by atoms with Crippen LogP contribution in [0.3, 0.4) is 0 Å². The van der Waals surface area contributed by atoms with Gasteiger partial charge in [0.1, 0.15) is 18.7 Å². The Hall–Kier alpha value is -2.88. The lowest BCUT2D eigenvalue weighted by atomic mass is 9.61. The minimum Gasteiger partial charge on any atom is -0.463 e. The Labute approximate surface area is 159 Å². The fourth-order valence-electron chi connectivity index (χ4n) is 4.19. The highest BCUT2D eigenvalue weighted by molar-refractivity contribution is 5.70. The van der Waals surface area contributed by atoms with E-state index in [0.717, 1.165) is 18.4 Å². The van der Waals surface area contributed by atoms with Crippen molar-refractivity contribution in [1.82, 2.24) is 0 Å². The molecule has 0 aromatic heterocycles. The van der Waals surface area contributed by atoms with E-state index in [4.69, 9.17) is 9.84 Å². The first kappa shape index (κ1) is 20.4. The molecule has 1 fully saturated rings. The summed E-state index contributed by atoms with van der Waals surface area (Å²) < 4.78 is 5.01. The molecule has 6 nitrogen and oxygen atoms in total. The van der Waals surface area contributed by atoms with E-state index >= 15 is 0 Å². The molecule has 1 aromatic rings. The predicted octanol–water partition coefficient (Wildman–Crippen LogP) is 2.92. The van der Waals surface area contributed by atoms with Gasteiger partial charge in [-0.15, -0.1) is 0 Å². The van der Waals surface area contributed by atoms with E-state index in [1.54, 1.807) is 6.07 Å². The zero-order chi connectivity index (χ0) is 20.2. The van der Waals surface area contributed by atoms with Crippen LogP contribution in [0.5, 0.6) is 0 Å². The van der Waals surface area contributed by atoms with E-state index in [9.17, 15) is 20.6 Å². The number of carbonyl (C=O) groups excluding carboxylic acids is 1. The number of hydrogen-bond acceptors (Lipinski definition) is 6. The molecular formula is C21H23N3O3. The molecule has 0 spiro atoms. The minimum absolute atomic E-state index is 0.0109. The zero-order valence-electron chi connectivity index (χ0n) is 15.9. The van der Waals surface area contributed by atoms with Gasteiger partial charge >= 0.3 is 5.97 Å². The molecule has 140 valence electrons. The number of rotatable bonds is 5. The Morgan fingerprint density at radius 3 is 2.30 bits per heavy atom. The second kappa shape index (κ2) is 7.78. The van der Waals surface area contributed by atoms with Crippen molar-refractivity contribution in [3.63, 3.8) is 0 Å². The lowest BCUT2D eigenvalue weighted by molar-refractivity contribution is -0.146. The van der Waals surface area contributed by atoms with Crippen LogP contribution in [0, 0.1) is 45.3 Å². The Morgan fingerprint density at radius 2 is 1.74 bits per heavy atom. The maximum atomic E-state index is 12.0.